The van der Waals surface area contributed by atoms with Crippen LogP contribution in [-0.2, 0) is 0 Å². The Balaban J connectivity index is 1.90. The van der Waals surface area contributed by atoms with Gasteiger partial charge in [0.15, 0.2) is 0 Å². The van der Waals surface area contributed by atoms with E-state index in [1.165, 1.54) is 6.42 Å². The number of rotatable bonds is 3. The molecule has 20 heavy (non-hydrogen) atoms. The molecule has 3 nitrogen and oxygen atoms in total. The highest BCUT2D eigenvalue weighted by molar-refractivity contribution is 6.17. The van der Waals surface area contributed by atoms with E-state index < -0.39 is 0 Å². The lowest BCUT2D eigenvalue weighted by molar-refractivity contribution is 0.0610. The molecule has 106 valence electrons. The molecule has 4 heteroatoms. The molecule has 2 heterocycles. The van der Waals surface area contributed by atoms with E-state index in [9.17, 15) is 4.79 Å². The summed E-state index contributed by atoms with van der Waals surface area (Å²) >= 11 is 5.87. The second-order valence-electron chi connectivity index (χ2n) is 5.27. The summed E-state index contributed by atoms with van der Waals surface area (Å²) in [5.74, 6) is 0.672. The monoisotopic (exact) mass is 291 g/mol. The van der Waals surface area contributed by atoms with Gasteiger partial charge < -0.3 is 9.32 Å². The van der Waals surface area contributed by atoms with Crippen molar-refractivity contribution in [3.63, 3.8) is 0 Å². The number of hydrogen-bond acceptors (Lipinski definition) is 2. The Morgan fingerprint density at radius 3 is 3.05 bits per heavy atom. The Hall–Kier alpha value is -1.48. The summed E-state index contributed by atoms with van der Waals surface area (Å²) in [7, 11) is 0. The smallest absolute Gasteiger partial charge is 0.257 e. The Morgan fingerprint density at radius 2 is 2.20 bits per heavy atom. The number of likely N-dealkylation sites (tertiary alicyclic amines) is 1. The molecule has 1 saturated heterocycles. The molecule has 1 aromatic heterocycles. The van der Waals surface area contributed by atoms with E-state index in [0.29, 0.717) is 11.4 Å². The molecule has 1 atom stereocenters. The van der Waals surface area contributed by atoms with Crippen molar-refractivity contribution in [2.75, 3.05) is 12.4 Å². The van der Waals surface area contributed by atoms with Crippen molar-refractivity contribution in [3.05, 3.63) is 36.1 Å². The molecule has 2 aromatic rings. The summed E-state index contributed by atoms with van der Waals surface area (Å²) in [6.45, 7) is 0.819. The first-order valence-corrected chi connectivity index (χ1v) is 7.68. The summed E-state index contributed by atoms with van der Waals surface area (Å²) in [5.41, 5.74) is 1.43. The lowest BCUT2D eigenvalue weighted by atomic mass is 9.98. The van der Waals surface area contributed by atoms with Crippen LogP contribution in [0.1, 0.15) is 36.0 Å². The number of hydrogen-bond donors (Lipinski definition) is 0. The quantitative estimate of drug-likeness (QED) is 0.799. The van der Waals surface area contributed by atoms with Crippen molar-refractivity contribution in [2.24, 2.45) is 0 Å². The number of alkyl halides is 1. The average molecular weight is 292 g/mol. The number of nitrogens with zero attached hydrogens (tertiary/aromatic N) is 1. The minimum Gasteiger partial charge on any atom is -0.463 e. The highest BCUT2D eigenvalue weighted by Gasteiger charge is 2.28. The summed E-state index contributed by atoms with van der Waals surface area (Å²) in [5, 5.41) is 0.896. The number of benzene rings is 1. The van der Waals surface area contributed by atoms with Gasteiger partial charge in [0.25, 0.3) is 5.91 Å². The summed E-state index contributed by atoms with van der Waals surface area (Å²) < 4.78 is 5.48. The topological polar surface area (TPSA) is 33.5 Å². The lowest BCUT2D eigenvalue weighted by Crippen LogP contribution is -2.43. The minimum absolute atomic E-state index is 0.0739. The first-order valence-electron chi connectivity index (χ1n) is 7.14. The van der Waals surface area contributed by atoms with Gasteiger partial charge in [0.1, 0.15) is 11.8 Å². The molecule has 1 unspecified atom stereocenters. The summed E-state index contributed by atoms with van der Waals surface area (Å²) in [6.07, 6.45) is 5.74. The molecule has 0 saturated carbocycles. The molecule has 1 amide bonds. The number of halogens is 1. The molecule has 0 N–H and O–H groups in total. The van der Waals surface area contributed by atoms with Gasteiger partial charge in [-0.05, 0) is 31.7 Å². The van der Waals surface area contributed by atoms with Crippen LogP contribution in [0.2, 0.25) is 0 Å². The van der Waals surface area contributed by atoms with E-state index in [1.807, 2.05) is 29.2 Å². The molecule has 3 rings (SSSR count). The van der Waals surface area contributed by atoms with Crippen molar-refractivity contribution < 1.29 is 9.21 Å². The average Bonchev–Trinajstić information content (AvgIpc) is 2.91. The van der Waals surface area contributed by atoms with Gasteiger partial charge >= 0.3 is 0 Å². The Labute approximate surface area is 123 Å². The molecule has 1 fully saturated rings. The zero-order valence-corrected chi connectivity index (χ0v) is 12.1. The van der Waals surface area contributed by atoms with Crippen LogP contribution in [0.5, 0.6) is 0 Å². The van der Waals surface area contributed by atoms with Crippen LogP contribution in [0.3, 0.4) is 0 Å². The third-order valence-corrected chi connectivity index (χ3v) is 4.26. The number of fused-ring (bicyclic) bond motifs is 1. The predicted octanol–water partition coefficient (Wildman–Crippen LogP) is 4.06. The Bertz CT molecular complexity index is 605. The molecule has 0 spiro atoms. The first kappa shape index (κ1) is 13.5. The number of piperidine rings is 1. The summed E-state index contributed by atoms with van der Waals surface area (Å²) in [6, 6.07) is 7.94. The van der Waals surface area contributed by atoms with E-state index in [4.69, 9.17) is 16.0 Å². The van der Waals surface area contributed by atoms with E-state index >= 15 is 0 Å². The number of amides is 1. The van der Waals surface area contributed by atoms with Gasteiger partial charge in [0.2, 0.25) is 0 Å². The van der Waals surface area contributed by atoms with Crippen LogP contribution in [0.25, 0.3) is 11.0 Å². The first-order chi connectivity index (χ1) is 9.81. The van der Waals surface area contributed by atoms with Crippen LogP contribution >= 0.6 is 11.6 Å². The fourth-order valence-corrected chi connectivity index (χ4v) is 3.24. The third-order valence-electron chi connectivity index (χ3n) is 4.04. The largest absolute Gasteiger partial charge is 0.463 e. The van der Waals surface area contributed by atoms with Crippen LogP contribution in [0, 0.1) is 0 Å². The standard InChI is InChI=1S/C16H18ClNO2/c17-9-8-12-5-3-4-10-18(12)16(19)14-11-20-15-7-2-1-6-13(14)15/h1-2,6-7,11-12H,3-5,8-10H2. The lowest BCUT2D eigenvalue weighted by Gasteiger charge is -2.35. The molecular formula is C16H18ClNO2. The van der Waals surface area contributed by atoms with Crippen molar-refractivity contribution in [1.29, 1.82) is 0 Å². The van der Waals surface area contributed by atoms with Crippen LogP contribution < -0.4 is 0 Å². The second-order valence-corrected chi connectivity index (χ2v) is 5.65. The van der Waals surface area contributed by atoms with E-state index in [2.05, 4.69) is 0 Å². The normalized spacial score (nSPS) is 19.4. The number of furan rings is 1. The van der Waals surface area contributed by atoms with Gasteiger partial charge in [-0.25, -0.2) is 0 Å². The van der Waals surface area contributed by atoms with Gasteiger partial charge in [-0.15, -0.1) is 11.6 Å². The van der Waals surface area contributed by atoms with Crippen LogP contribution in [0.15, 0.2) is 34.9 Å². The van der Waals surface area contributed by atoms with E-state index in [0.717, 1.165) is 36.8 Å². The number of carbonyl (C=O) groups excluding carboxylic acids is 1. The van der Waals surface area contributed by atoms with Crippen molar-refractivity contribution in [3.8, 4) is 0 Å². The van der Waals surface area contributed by atoms with Gasteiger partial charge in [0, 0.05) is 23.9 Å². The maximum Gasteiger partial charge on any atom is 0.257 e. The molecule has 1 aliphatic rings. The fourth-order valence-electron chi connectivity index (χ4n) is 2.99. The SMILES string of the molecule is O=C(c1coc2ccccc12)N1CCCCC1CCCl. The fraction of sp³-hybridized carbons (Fsp3) is 0.438. The van der Waals surface area contributed by atoms with Crippen molar-refractivity contribution in [2.45, 2.75) is 31.7 Å². The third kappa shape index (κ3) is 2.42. The van der Waals surface area contributed by atoms with E-state index in [-0.39, 0.29) is 11.9 Å². The van der Waals surface area contributed by atoms with Gasteiger partial charge in [0.05, 0.1) is 5.56 Å². The predicted molar refractivity (Wildman–Crippen MR) is 80.2 cm³/mol. The number of para-hydroxylation sites is 1. The highest BCUT2D eigenvalue weighted by atomic mass is 35.5. The maximum absolute atomic E-state index is 12.8. The zero-order chi connectivity index (χ0) is 13.9. The Kier molecular flexibility index (Phi) is 3.97. The van der Waals surface area contributed by atoms with Crippen LogP contribution in [-0.4, -0.2) is 29.3 Å². The maximum atomic E-state index is 12.8. The van der Waals surface area contributed by atoms with Gasteiger partial charge in [-0.1, -0.05) is 18.2 Å². The molecule has 0 aliphatic carbocycles. The summed E-state index contributed by atoms with van der Waals surface area (Å²) in [4.78, 5) is 14.8. The van der Waals surface area contributed by atoms with Crippen LogP contribution in [0.4, 0.5) is 0 Å². The molecule has 0 bridgehead atoms. The Morgan fingerprint density at radius 1 is 1.35 bits per heavy atom. The van der Waals surface area contributed by atoms with E-state index in [1.54, 1.807) is 6.26 Å². The second kappa shape index (κ2) is 5.88. The molecule has 1 aliphatic heterocycles. The zero-order valence-electron chi connectivity index (χ0n) is 11.3. The molecular weight excluding hydrogens is 274 g/mol. The highest BCUT2D eigenvalue weighted by Crippen LogP contribution is 2.26. The number of carbonyl (C=O) groups is 1. The van der Waals surface area contributed by atoms with Crippen molar-refractivity contribution in [1.82, 2.24) is 4.90 Å². The van der Waals surface area contributed by atoms with Gasteiger partial charge in [-0.2, -0.15) is 0 Å². The minimum atomic E-state index is 0.0739. The van der Waals surface area contributed by atoms with Crippen molar-refractivity contribution >= 4 is 28.5 Å². The molecule has 0 radical (unpaired) electrons. The molecule has 1 aromatic carbocycles. The van der Waals surface area contributed by atoms with Gasteiger partial charge in [-0.3, -0.25) is 4.79 Å².